The quantitative estimate of drug-likeness (QED) is 0.549. The van der Waals surface area contributed by atoms with E-state index in [0.29, 0.717) is 30.9 Å². The van der Waals surface area contributed by atoms with Crippen LogP contribution < -0.4 is 21.3 Å². The lowest BCUT2D eigenvalue weighted by atomic mass is 9.94. The second-order valence-electron chi connectivity index (χ2n) is 7.99. The second-order valence-corrected chi connectivity index (χ2v) is 7.99. The molecule has 0 amide bonds. The molecule has 10 nitrogen and oxygen atoms in total. The van der Waals surface area contributed by atoms with Crippen molar-refractivity contribution in [1.29, 1.82) is 0 Å². The molecule has 10 heteroatoms. The Kier molecular flexibility index (Phi) is 6.04. The lowest BCUT2D eigenvalue weighted by Crippen LogP contribution is -2.37. The smallest absolute Gasteiger partial charge is 0.228 e. The summed E-state index contributed by atoms with van der Waals surface area (Å²) in [6.45, 7) is 4.90. The van der Waals surface area contributed by atoms with Crippen molar-refractivity contribution < 1.29 is 4.74 Å². The fourth-order valence-corrected chi connectivity index (χ4v) is 4.01. The molecule has 3 aromatic heterocycles. The van der Waals surface area contributed by atoms with Gasteiger partial charge in [-0.3, -0.25) is 4.98 Å². The average Bonchev–Trinajstić information content (AvgIpc) is 2.86. The van der Waals surface area contributed by atoms with Crippen LogP contribution in [0.1, 0.15) is 24.5 Å². The van der Waals surface area contributed by atoms with Crippen molar-refractivity contribution in [2.75, 3.05) is 55.3 Å². The molecule has 0 radical (unpaired) electrons. The van der Waals surface area contributed by atoms with Gasteiger partial charge in [0.05, 0.1) is 30.8 Å². The molecule has 166 valence electrons. The van der Waals surface area contributed by atoms with Crippen molar-refractivity contribution in [2.24, 2.45) is 0 Å². The number of nitrogens with one attached hydrogen (secondary N) is 2. The van der Waals surface area contributed by atoms with Crippen LogP contribution in [0.15, 0.2) is 36.8 Å². The summed E-state index contributed by atoms with van der Waals surface area (Å²) < 4.78 is 5.48. The lowest BCUT2D eigenvalue weighted by molar-refractivity contribution is 0.122. The number of hydrogen-bond donors (Lipinski definition) is 3. The molecule has 5 rings (SSSR count). The Bertz CT molecular complexity index is 1030. The largest absolute Gasteiger partial charge is 0.378 e. The highest BCUT2D eigenvalue weighted by molar-refractivity contribution is 5.66. The molecule has 0 bridgehead atoms. The molecule has 0 aliphatic carbocycles. The molecule has 2 aliphatic rings. The number of morpholine rings is 1. The van der Waals surface area contributed by atoms with E-state index >= 15 is 0 Å². The monoisotopic (exact) mass is 433 g/mol. The van der Waals surface area contributed by atoms with E-state index in [2.05, 4.69) is 37.6 Å². The van der Waals surface area contributed by atoms with Gasteiger partial charge in [-0.1, -0.05) is 0 Å². The Morgan fingerprint density at radius 2 is 1.78 bits per heavy atom. The summed E-state index contributed by atoms with van der Waals surface area (Å²) in [5.41, 5.74) is 9.18. The molecule has 2 aliphatic heterocycles. The van der Waals surface area contributed by atoms with E-state index in [1.54, 1.807) is 12.4 Å². The summed E-state index contributed by atoms with van der Waals surface area (Å²) >= 11 is 0. The van der Waals surface area contributed by atoms with Gasteiger partial charge in [-0.15, -0.1) is 0 Å². The topological polar surface area (TPSA) is 127 Å². The summed E-state index contributed by atoms with van der Waals surface area (Å²) in [5.74, 6) is 2.08. The fraction of sp³-hybridized carbons (Fsp3) is 0.409. The van der Waals surface area contributed by atoms with E-state index in [-0.39, 0.29) is 5.95 Å². The number of rotatable bonds is 5. The van der Waals surface area contributed by atoms with E-state index in [1.807, 2.05) is 12.3 Å². The molecular weight excluding hydrogens is 406 g/mol. The molecule has 0 aromatic carbocycles. The number of nitrogens with zero attached hydrogens (tertiary/aromatic N) is 6. The molecule has 0 unspecified atom stereocenters. The third-order valence-electron chi connectivity index (χ3n) is 5.79. The van der Waals surface area contributed by atoms with Crippen LogP contribution in [0.5, 0.6) is 0 Å². The maximum atomic E-state index is 5.65. The van der Waals surface area contributed by atoms with Gasteiger partial charge >= 0.3 is 0 Å². The first-order valence-electron chi connectivity index (χ1n) is 11.0. The van der Waals surface area contributed by atoms with E-state index in [4.69, 9.17) is 25.4 Å². The van der Waals surface area contributed by atoms with Gasteiger partial charge in [0.1, 0.15) is 5.82 Å². The molecule has 0 saturated carbocycles. The van der Waals surface area contributed by atoms with Gasteiger partial charge in [0.2, 0.25) is 11.9 Å². The number of anilines is 4. The van der Waals surface area contributed by atoms with Crippen LogP contribution in [0, 0.1) is 0 Å². The number of ether oxygens (including phenoxy) is 1. The van der Waals surface area contributed by atoms with Gasteiger partial charge in [0, 0.05) is 48.7 Å². The van der Waals surface area contributed by atoms with Gasteiger partial charge in [0.15, 0.2) is 0 Å². The standard InChI is InChI=1S/C22H27N9O/c23-21-26-12-16(13-27-21)19-11-20(30-22(29-19)31-7-9-32-10-8-31)28-17-1-2-18(25-14-17)15-3-5-24-6-4-15/h1-2,11-15,24H,3-10H2,(H2,23,26,27)(H,28,29,30). The minimum atomic E-state index is 0.231. The van der Waals surface area contributed by atoms with E-state index in [9.17, 15) is 0 Å². The van der Waals surface area contributed by atoms with Crippen molar-refractivity contribution in [3.63, 3.8) is 0 Å². The highest BCUT2D eigenvalue weighted by Crippen LogP contribution is 2.27. The van der Waals surface area contributed by atoms with Crippen molar-refractivity contribution in [3.8, 4) is 11.3 Å². The summed E-state index contributed by atoms with van der Waals surface area (Å²) in [7, 11) is 0. The highest BCUT2D eigenvalue weighted by Gasteiger charge is 2.18. The molecule has 0 spiro atoms. The van der Waals surface area contributed by atoms with Crippen molar-refractivity contribution >= 4 is 23.4 Å². The Morgan fingerprint density at radius 3 is 2.50 bits per heavy atom. The number of hydrogen-bond acceptors (Lipinski definition) is 10. The fourth-order valence-electron chi connectivity index (χ4n) is 4.01. The Balaban J connectivity index is 1.41. The van der Waals surface area contributed by atoms with E-state index in [1.165, 1.54) is 0 Å². The number of piperidine rings is 1. The van der Waals surface area contributed by atoms with Crippen LogP contribution in [0.25, 0.3) is 11.3 Å². The van der Waals surface area contributed by atoms with Crippen LogP contribution in [0.4, 0.5) is 23.4 Å². The first kappa shape index (κ1) is 20.5. The zero-order chi connectivity index (χ0) is 21.8. The first-order valence-corrected chi connectivity index (χ1v) is 11.0. The summed E-state index contributed by atoms with van der Waals surface area (Å²) in [6, 6.07) is 6.06. The van der Waals surface area contributed by atoms with Crippen LogP contribution in [-0.2, 0) is 4.74 Å². The number of pyridine rings is 1. The average molecular weight is 434 g/mol. The van der Waals surface area contributed by atoms with Crippen LogP contribution in [0.3, 0.4) is 0 Å². The summed E-state index contributed by atoms with van der Waals surface area (Å²) in [5, 5.41) is 6.79. The molecular formula is C22H27N9O. The van der Waals surface area contributed by atoms with Crippen molar-refractivity contribution in [1.82, 2.24) is 30.2 Å². The molecule has 2 saturated heterocycles. The van der Waals surface area contributed by atoms with Crippen LogP contribution in [-0.4, -0.2) is 64.3 Å². The molecule has 32 heavy (non-hydrogen) atoms. The molecule has 3 aromatic rings. The summed E-state index contributed by atoms with van der Waals surface area (Å²) in [4.78, 5) is 24.5. The van der Waals surface area contributed by atoms with Crippen molar-refractivity contribution in [3.05, 3.63) is 42.5 Å². The van der Waals surface area contributed by atoms with E-state index in [0.717, 1.165) is 61.7 Å². The maximum absolute atomic E-state index is 5.65. The van der Waals surface area contributed by atoms with Gasteiger partial charge < -0.3 is 26.0 Å². The van der Waals surface area contributed by atoms with Crippen LogP contribution in [0.2, 0.25) is 0 Å². The third-order valence-corrected chi connectivity index (χ3v) is 5.79. The lowest BCUT2D eigenvalue weighted by Gasteiger charge is -2.27. The minimum Gasteiger partial charge on any atom is -0.378 e. The number of aromatic nitrogens is 5. The zero-order valence-corrected chi connectivity index (χ0v) is 17.9. The SMILES string of the molecule is Nc1ncc(-c2cc(Nc3ccc(C4CCNCC4)nc3)nc(N3CCOCC3)n2)cn1. The van der Waals surface area contributed by atoms with E-state index < -0.39 is 0 Å². The zero-order valence-electron chi connectivity index (χ0n) is 17.9. The maximum Gasteiger partial charge on any atom is 0.228 e. The minimum absolute atomic E-state index is 0.231. The molecule has 2 fully saturated rings. The van der Waals surface area contributed by atoms with Gasteiger partial charge in [-0.25, -0.2) is 15.0 Å². The molecule has 5 heterocycles. The Morgan fingerprint density at radius 1 is 1.00 bits per heavy atom. The predicted molar refractivity (Wildman–Crippen MR) is 123 cm³/mol. The second kappa shape index (κ2) is 9.41. The third kappa shape index (κ3) is 4.76. The van der Waals surface area contributed by atoms with Gasteiger partial charge in [0.25, 0.3) is 0 Å². The van der Waals surface area contributed by atoms with Gasteiger partial charge in [-0.05, 0) is 38.1 Å². The number of nitrogen functional groups attached to an aromatic ring is 1. The number of nitrogens with two attached hydrogens (primary N) is 1. The Labute approximate surface area is 186 Å². The predicted octanol–water partition coefficient (Wildman–Crippen LogP) is 1.96. The normalized spacial score (nSPS) is 17.3. The summed E-state index contributed by atoms with van der Waals surface area (Å²) in [6.07, 6.45) is 7.48. The molecule has 4 N–H and O–H groups in total. The first-order chi connectivity index (χ1) is 15.7. The van der Waals surface area contributed by atoms with Gasteiger partial charge in [-0.2, -0.15) is 4.98 Å². The molecule has 0 atom stereocenters. The highest BCUT2D eigenvalue weighted by atomic mass is 16.5. The Hall–Kier alpha value is -3.37. The van der Waals surface area contributed by atoms with Crippen LogP contribution >= 0.6 is 0 Å². The van der Waals surface area contributed by atoms with Crippen molar-refractivity contribution in [2.45, 2.75) is 18.8 Å².